The van der Waals surface area contributed by atoms with Crippen molar-refractivity contribution < 1.29 is 23.2 Å². The SMILES string of the molecule is C.C=C(c1ccc(N(C)C)cc1)c1ccc(N(CC)CCCl)cc1.CCN(CCCl)c1ccc(C(=O)c2ccc(N(C)C)cc2)cc1.[2HH].[Br-].[CH3-].[Mg+2]. The summed E-state index contributed by atoms with van der Waals surface area (Å²) in [6.45, 7) is 12.0. The van der Waals surface area contributed by atoms with Gasteiger partial charge >= 0.3 is 23.1 Å². The van der Waals surface area contributed by atoms with Gasteiger partial charge < -0.3 is 44.0 Å². The van der Waals surface area contributed by atoms with Gasteiger partial charge in [0.05, 0.1) is 0 Å². The fourth-order valence-corrected chi connectivity index (χ4v) is 5.45. The molecule has 50 heavy (non-hydrogen) atoms. The van der Waals surface area contributed by atoms with E-state index in [0.29, 0.717) is 22.9 Å². The number of anilines is 4. The largest absolute Gasteiger partial charge is 2.00 e. The molecule has 0 aliphatic carbocycles. The van der Waals surface area contributed by atoms with Crippen LogP contribution in [0, 0.1) is 7.43 Å². The van der Waals surface area contributed by atoms with E-state index in [2.05, 4.69) is 83.7 Å². The van der Waals surface area contributed by atoms with E-state index in [0.717, 1.165) is 54.3 Å². The van der Waals surface area contributed by atoms with Crippen molar-refractivity contribution in [2.45, 2.75) is 21.3 Å². The van der Waals surface area contributed by atoms with Gasteiger partial charge in [-0.05, 0) is 103 Å². The Morgan fingerprint density at radius 1 is 0.580 bits per heavy atom. The van der Waals surface area contributed by atoms with Crippen LogP contribution in [0.5, 0.6) is 0 Å². The van der Waals surface area contributed by atoms with E-state index in [1.807, 2.05) is 81.6 Å². The number of ketones is 1. The molecule has 0 radical (unpaired) electrons. The number of carbonyl (C=O) groups is 1. The molecule has 0 unspecified atom stereocenters. The zero-order chi connectivity index (χ0) is 33.6. The van der Waals surface area contributed by atoms with Crippen LogP contribution >= 0.6 is 23.2 Å². The molecule has 0 saturated heterocycles. The molecule has 0 bridgehead atoms. The Hall–Kier alpha value is -2.68. The number of rotatable bonds is 14. The number of carbonyl (C=O) groups excluding carboxylic acids is 1. The number of hydrogen-bond donors (Lipinski definition) is 0. The number of benzene rings is 4. The molecular weight excluding hydrogens is 740 g/mol. The number of hydrogen-bond acceptors (Lipinski definition) is 5. The molecule has 0 aliphatic heterocycles. The Bertz CT molecular complexity index is 1400. The minimum absolute atomic E-state index is 0. The van der Waals surface area contributed by atoms with Crippen molar-refractivity contribution in [1.82, 2.24) is 0 Å². The Morgan fingerprint density at radius 2 is 0.840 bits per heavy atom. The number of alkyl halides is 2. The van der Waals surface area contributed by atoms with Gasteiger partial charge in [-0.25, -0.2) is 0 Å². The predicted molar refractivity (Wildman–Crippen MR) is 224 cm³/mol. The summed E-state index contributed by atoms with van der Waals surface area (Å²) in [5.41, 5.74) is 9.31. The van der Waals surface area contributed by atoms with Crippen molar-refractivity contribution in [1.29, 1.82) is 0 Å². The Kier molecular flexibility index (Phi) is 25.0. The fourth-order valence-electron chi connectivity index (χ4n) is 5.05. The van der Waals surface area contributed by atoms with Crippen LogP contribution in [0.4, 0.5) is 22.7 Å². The number of nitrogens with zero attached hydrogens (tertiary/aromatic N) is 4. The van der Waals surface area contributed by atoms with E-state index in [1.165, 1.54) is 11.4 Å². The second-order valence-corrected chi connectivity index (χ2v) is 12.1. The smallest absolute Gasteiger partial charge is 1.00 e. The third-order valence-electron chi connectivity index (χ3n) is 7.93. The van der Waals surface area contributed by atoms with Gasteiger partial charge in [0.1, 0.15) is 0 Å². The van der Waals surface area contributed by atoms with Crippen molar-refractivity contribution in [3.63, 3.8) is 0 Å². The summed E-state index contributed by atoms with van der Waals surface area (Å²) < 4.78 is 0. The molecule has 0 fully saturated rings. The third kappa shape index (κ3) is 14.1. The van der Waals surface area contributed by atoms with Gasteiger partial charge in [0.2, 0.25) is 0 Å². The molecule has 5 nitrogen and oxygen atoms in total. The van der Waals surface area contributed by atoms with Gasteiger partial charge in [-0.3, -0.25) is 4.79 Å². The molecule has 0 amide bonds. The van der Waals surface area contributed by atoms with Gasteiger partial charge in [0.25, 0.3) is 0 Å². The summed E-state index contributed by atoms with van der Waals surface area (Å²) >= 11 is 11.7. The summed E-state index contributed by atoms with van der Waals surface area (Å²) in [5, 5.41) is 0. The fraction of sp³-hybridized carbons (Fsp3) is 0.317. The maximum Gasteiger partial charge on any atom is 2.00 e. The second-order valence-electron chi connectivity index (χ2n) is 11.3. The third-order valence-corrected chi connectivity index (χ3v) is 8.26. The summed E-state index contributed by atoms with van der Waals surface area (Å²) in [6.07, 6.45) is 0. The first-order valence-corrected chi connectivity index (χ1v) is 16.8. The molecule has 0 spiro atoms. The molecule has 0 atom stereocenters. The monoisotopic (exact) mass is 795 g/mol. The summed E-state index contributed by atoms with van der Waals surface area (Å²) in [6, 6.07) is 32.4. The maximum atomic E-state index is 12.6. The molecular formula is C41H57BrCl2MgN4O. The Labute approximate surface area is 341 Å². The predicted octanol–water partition coefficient (Wildman–Crippen LogP) is 6.88. The first-order valence-electron chi connectivity index (χ1n) is 15.7. The standard InChI is InChI=1S/C20H25ClN2.C19H23ClN2O.CH4.CH3.BrH.Mg.H2/c1-5-23(15-14-21)20-12-8-18(9-13-20)16(2)17-6-10-19(11-7-17)22(3)4;1-4-22(14-13-20)18-11-7-16(8-12-18)19(23)15-5-9-17(10-6-15)21(2)3;;;;;/h6-13H,2,5,14-15H2,1,3-4H3;5-12H,4,13-14H2,1-3H3;1H4;1H3;1H;;1H/q;;;-1;;+2;/p-1/i;;;;;;1+1. The van der Waals surface area contributed by atoms with Crippen molar-refractivity contribution in [3.05, 3.63) is 133 Å². The minimum atomic E-state index is 0. The van der Waals surface area contributed by atoms with Crippen LogP contribution in [0.1, 0.15) is 49.7 Å². The second kappa shape index (κ2) is 25.3. The normalized spacial score (nSPS) is 9.60. The average molecular weight is 798 g/mol. The Morgan fingerprint density at radius 3 is 1.08 bits per heavy atom. The summed E-state index contributed by atoms with van der Waals surface area (Å²) in [5.74, 6) is 1.27. The summed E-state index contributed by atoms with van der Waals surface area (Å²) in [4.78, 5) is 21.1. The van der Waals surface area contributed by atoms with E-state index >= 15 is 0 Å². The molecule has 0 heterocycles. The van der Waals surface area contributed by atoms with Crippen LogP contribution < -0.4 is 36.6 Å². The quantitative estimate of drug-likeness (QED) is 0.0602. The van der Waals surface area contributed by atoms with E-state index in [4.69, 9.17) is 23.2 Å². The molecule has 270 valence electrons. The van der Waals surface area contributed by atoms with E-state index in [9.17, 15) is 4.79 Å². The Balaban J connectivity index is -0.000000823. The van der Waals surface area contributed by atoms with Gasteiger partial charge in [0.15, 0.2) is 5.78 Å². The molecule has 0 aliphatic rings. The van der Waals surface area contributed by atoms with Gasteiger partial charge in [-0.15, -0.1) is 23.2 Å². The van der Waals surface area contributed by atoms with E-state index in [1.54, 1.807) is 0 Å². The van der Waals surface area contributed by atoms with Gasteiger partial charge in [-0.2, -0.15) is 0 Å². The molecule has 0 aromatic heterocycles. The summed E-state index contributed by atoms with van der Waals surface area (Å²) in [7, 11) is 8.05. The zero-order valence-corrected chi connectivity index (χ0v) is 34.7. The van der Waals surface area contributed by atoms with Gasteiger partial charge in [0, 0.05) is 101 Å². The van der Waals surface area contributed by atoms with Crippen molar-refractivity contribution in [2.75, 3.05) is 85.7 Å². The molecule has 9 heteroatoms. The van der Waals surface area contributed by atoms with E-state index in [-0.39, 0.29) is 62.1 Å². The van der Waals surface area contributed by atoms with Crippen LogP contribution in [0.15, 0.2) is 104 Å². The molecule has 0 saturated carbocycles. The molecule has 0 N–H and O–H groups in total. The average Bonchev–Trinajstić information content (AvgIpc) is 3.09. The van der Waals surface area contributed by atoms with Crippen molar-refractivity contribution in [2.24, 2.45) is 0 Å². The number of halogens is 3. The van der Waals surface area contributed by atoms with Crippen LogP contribution in [0.2, 0.25) is 0 Å². The molecule has 4 aromatic rings. The van der Waals surface area contributed by atoms with Crippen LogP contribution in [-0.2, 0) is 0 Å². The van der Waals surface area contributed by atoms with Crippen LogP contribution in [0.25, 0.3) is 5.57 Å². The van der Waals surface area contributed by atoms with Crippen LogP contribution in [0.3, 0.4) is 0 Å². The van der Waals surface area contributed by atoms with Crippen LogP contribution in [-0.4, -0.2) is 95.0 Å². The van der Waals surface area contributed by atoms with Crippen molar-refractivity contribution in [3.8, 4) is 0 Å². The van der Waals surface area contributed by atoms with E-state index < -0.39 is 0 Å². The molecule has 4 aromatic carbocycles. The first kappa shape index (κ1) is 49.4. The minimum Gasteiger partial charge on any atom is -1.00 e. The molecule has 4 rings (SSSR count). The zero-order valence-electron chi connectivity index (χ0n) is 30.2. The topological polar surface area (TPSA) is 30.0 Å². The van der Waals surface area contributed by atoms with Crippen molar-refractivity contribution >= 4 is 80.4 Å². The van der Waals surface area contributed by atoms with Gasteiger partial charge in [-0.1, -0.05) is 38.3 Å². The first-order chi connectivity index (χ1) is 22.1. The maximum absolute atomic E-state index is 12.6.